The Morgan fingerprint density at radius 3 is 2.17 bits per heavy atom. The Kier molecular flexibility index (Phi) is 2.82. The highest BCUT2D eigenvalue weighted by Gasteiger charge is 2.38. The van der Waals surface area contributed by atoms with Crippen molar-refractivity contribution in [2.75, 3.05) is 0 Å². The van der Waals surface area contributed by atoms with E-state index in [0.717, 1.165) is 11.8 Å². The highest BCUT2D eigenvalue weighted by molar-refractivity contribution is 4.89. The van der Waals surface area contributed by atoms with Gasteiger partial charge in [0.1, 0.15) is 0 Å². The zero-order valence-corrected chi connectivity index (χ0v) is 8.80. The van der Waals surface area contributed by atoms with Crippen molar-refractivity contribution in [3.8, 4) is 0 Å². The lowest BCUT2D eigenvalue weighted by molar-refractivity contribution is -0.00874. The minimum atomic E-state index is -0.467. The van der Waals surface area contributed by atoms with Gasteiger partial charge in [-0.1, -0.05) is 20.3 Å². The average molecular weight is 170 g/mol. The molecule has 12 heavy (non-hydrogen) atoms. The van der Waals surface area contributed by atoms with Crippen LogP contribution in [0.2, 0.25) is 0 Å². The Morgan fingerprint density at radius 2 is 1.83 bits per heavy atom. The van der Waals surface area contributed by atoms with Crippen LogP contribution in [-0.2, 0) is 0 Å². The summed E-state index contributed by atoms with van der Waals surface area (Å²) in [6.07, 6.45) is 3.83. The largest absolute Gasteiger partial charge is 0.390 e. The molecule has 1 heteroatoms. The number of hydrogen-bond donors (Lipinski definition) is 1. The SMILES string of the molecule is CC(C)C1CCCC1C(C)(C)O. The summed E-state index contributed by atoms with van der Waals surface area (Å²) in [5.41, 5.74) is -0.467. The van der Waals surface area contributed by atoms with E-state index in [4.69, 9.17) is 0 Å². The van der Waals surface area contributed by atoms with Crippen LogP contribution in [0.1, 0.15) is 47.0 Å². The molecule has 1 rings (SSSR count). The molecule has 0 aromatic carbocycles. The Hall–Kier alpha value is -0.0400. The molecule has 0 amide bonds. The van der Waals surface area contributed by atoms with Crippen LogP contribution in [0.25, 0.3) is 0 Å². The summed E-state index contributed by atoms with van der Waals surface area (Å²) < 4.78 is 0. The molecule has 1 nitrogen and oxygen atoms in total. The molecule has 0 heterocycles. The highest BCUT2D eigenvalue weighted by atomic mass is 16.3. The van der Waals surface area contributed by atoms with Gasteiger partial charge < -0.3 is 5.11 Å². The molecule has 2 atom stereocenters. The van der Waals surface area contributed by atoms with Gasteiger partial charge in [-0.25, -0.2) is 0 Å². The van der Waals surface area contributed by atoms with E-state index >= 15 is 0 Å². The molecule has 0 bridgehead atoms. The van der Waals surface area contributed by atoms with Gasteiger partial charge in [0.05, 0.1) is 5.60 Å². The number of aliphatic hydroxyl groups is 1. The smallest absolute Gasteiger partial charge is 0.0622 e. The molecule has 0 aromatic heterocycles. The zero-order chi connectivity index (χ0) is 9.35. The van der Waals surface area contributed by atoms with Gasteiger partial charge in [-0.2, -0.15) is 0 Å². The molecular weight excluding hydrogens is 148 g/mol. The van der Waals surface area contributed by atoms with Gasteiger partial charge in [0.25, 0.3) is 0 Å². The summed E-state index contributed by atoms with van der Waals surface area (Å²) in [6, 6.07) is 0. The Labute approximate surface area is 76.2 Å². The van der Waals surface area contributed by atoms with E-state index in [1.807, 2.05) is 13.8 Å². The molecule has 2 unspecified atom stereocenters. The van der Waals surface area contributed by atoms with Crippen molar-refractivity contribution in [3.05, 3.63) is 0 Å². The molecule has 1 fully saturated rings. The Balaban J connectivity index is 2.64. The molecule has 1 aliphatic rings. The monoisotopic (exact) mass is 170 g/mol. The van der Waals surface area contributed by atoms with Crippen LogP contribution in [-0.4, -0.2) is 10.7 Å². The zero-order valence-electron chi connectivity index (χ0n) is 8.80. The second-order valence-electron chi connectivity index (χ2n) is 5.10. The molecule has 0 aromatic rings. The average Bonchev–Trinajstić information content (AvgIpc) is 2.30. The van der Waals surface area contributed by atoms with Crippen molar-refractivity contribution in [3.63, 3.8) is 0 Å². The second kappa shape index (κ2) is 3.37. The van der Waals surface area contributed by atoms with Crippen LogP contribution >= 0.6 is 0 Å². The third-order valence-electron chi connectivity index (χ3n) is 3.33. The van der Waals surface area contributed by atoms with E-state index in [-0.39, 0.29) is 0 Å². The first-order valence-electron chi connectivity index (χ1n) is 5.15. The van der Waals surface area contributed by atoms with Gasteiger partial charge in [-0.3, -0.25) is 0 Å². The maximum atomic E-state index is 9.94. The molecule has 0 aliphatic heterocycles. The standard InChI is InChI=1S/C11H22O/c1-8(2)9-6-5-7-10(9)11(3,4)12/h8-10,12H,5-7H2,1-4H3. The molecular formula is C11H22O. The van der Waals surface area contributed by atoms with Gasteiger partial charge in [-0.05, 0) is 44.4 Å². The van der Waals surface area contributed by atoms with E-state index in [9.17, 15) is 5.11 Å². The lowest BCUT2D eigenvalue weighted by atomic mass is 9.77. The van der Waals surface area contributed by atoms with Crippen molar-refractivity contribution >= 4 is 0 Å². The van der Waals surface area contributed by atoms with E-state index < -0.39 is 5.60 Å². The maximum absolute atomic E-state index is 9.94. The van der Waals surface area contributed by atoms with E-state index in [1.165, 1.54) is 19.3 Å². The first-order valence-corrected chi connectivity index (χ1v) is 5.15. The third kappa shape index (κ3) is 2.01. The van der Waals surface area contributed by atoms with Crippen LogP contribution in [0, 0.1) is 17.8 Å². The fraction of sp³-hybridized carbons (Fsp3) is 1.00. The quantitative estimate of drug-likeness (QED) is 0.675. The Bertz CT molecular complexity index is 144. The predicted octanol–water partition coefficient (Wildman–Crippen LogP) is 2.83. The van der Waals surface area contributed by atoms with Crippen molar-refractivity contribution in [2.45, 2.75) is 52.6 Å². The van der Waals surface area contributed by atoms with Crippen molar-refractivity contribution in [1.82, 2.24) is 0 Å². The predicted molar refractivity (Wildman–Crippen MR) is 52.0 cm³/mol. The molecule has 1 aliphatic carbocycles. The minimum absolute atomic E-state index is 0.467. The summed E-state index contributed by atoms with van der Waals surface area (Å²) in [4.78, 5) is 0. The maximum Gasteiger partial charge on any atom is 0.0622 e. The van der Waals surface area contributed by atoms with Gasteiger partial charge >= 0.3 is 0 Å². The first-order chi connectivity index (χ1) is 5.43. The fourth-order valence-electron chi connectivity index (χ4n) is 2.66. The second-order valence-corrected chi connectivity index (χ2v) is 5.10. The molecule has 1 N–H and O–H groups in total. The number of rotatable bonds is 2. The minimum Gasteiger partial charge on any atom is -0.390 e. The fourth-order valence-corrected chi connectivity index (χ4v) is 2.66. The third-order valence-corrected chi connectivity index (χ3v) is 3.33. The normalized spacial score (nSPS) is 31.5. The van der Waals surface area contributed by atoms with Crippen LogP contribution in [0.4, 0.5) is 0 Å². The van der Waals surface area contributed by atoms with Crippen LogP contribution in [0.3, 0.4) is 0 Å². The lowest BCUT2D eigenvalue weighted by Crippen LogP contribution is -2.35. The summed E-state index contributed by atoms with van der Waals surface area (Å²) in [7, 11) is 0. The number of hydrogen-bond acceptors (Lipinski definition) is 1. The van der Waals surface area contributed by atoms with Crippen LogP contribution < -0.4 is 0 Å². The molecule has 72 valence electrons. The molecule has 0 saturated heterocycles. The molecule has 1 saturated carbocycles. The van der Waals surface area contributed by atoms with E-state index in [2.05, 4.69) is 13.8 Å². The lowest BCUT2D eigenvalue weighted by Gasteiger charge is -2.33. The van der Waals surface area contributed by atoms with Crippen molar-refractivity contribution in [1.29, 1.82) is 0 Å². The van der Waals surface area contributed by atoms with Crippen LogP contribution in [0.5, 0.6) is 0 Å². The van der Waals surface area contributed by atoms with E-state index in [1.54, 1.807) is 0 Å². The summed E-state index contributed by atoms with van der Waals surface area (Å²) in [5.74, 6) is 1.99. The van der Waals surface area contributed by atoms with Crippen molar-refractivity contribution in [2.24, 2.45) is 17.8 Å². The molecule has 0 radical (unpaired) electrons. The topological polar surface area (TPSA) is 20.2 Å². The highest BCUT2D eigenvalue weighted by Crippen LogP contribution is 2.42. The van der Waals surface area contributed by atoms with E-state index in [0.29, 0.717) is 5.92 Å². The summed E-state index contributed by atoms with van der Waals surface area (Å²) in [5, 5.41) is 9.94. The summed E-state index contributed by atoms with van der Waals surface area (Å²) in [6.45, 7) is 8.46. The van der Waals surface area contributed by atoms with Gasteiger partial charge in [0.2, 0.25) is 0 Å². The van der Waals surface area contributed by atoms with Gasteiger partial charge in [-0.15, -0.1) is 0 Å². The molecule has 0 spiro atoms. The first kappa shape index (κ1) is 10.0. The summed E-state index contributed by atoms with van der Waals surface area (Å²) >= 11 is 0. The van der Waals surface area contributed by atoms with Crippen molar-refractivity contribution < 1.29 is 5.11 Å². The Morgan fingerprint density at radius 1 is 1.25 bits per heavy atom. The van der Waals surface area contributed by atoms with Gasteiger partial charge in [0.15, 0.2) is 0 Å². The van der Waals surface area contributed by atoms with Gasteiger partial charge in [0, 0.05) is 0 Å². The van der Waals surface area contributed by atoms with Crippen LogP contribution in [0.15, 0.2) is 0 Å².